The molecule has 130 valence electrons. The van der Waals surface area contributed by atoms with Crippen molar-refractivity contribution in [3.8, 4) is 0 Å². The van der Waals surface area contributed by atoms with Crippen LogP contribution >= 0.6 is 0 Å². The van der Waals surface area contributed by atoms with Gasteiger partial charge in [0, 0.05) is 18.8 Å². The molecule has 0 bridgehead atoms. The topological polar surface area (TPSA) is 73.5 Å². The standard InChI is InChI=1S/C18H26N4O2/c1-3-22-7-6-13(11-22)10-19-18(24)20-12(2)14-4-5-16-15(8-14)9-17(23)21-16/h4-5,8,12-13H,3,6-7,9-11H2,1-2H3,(H,21,23)(H2,19,20,24)/t12-,13+/m0/s1. The van der Waals surface area contributed by atoms with Crippen LogP contribution in [-0.4, -0.2) is 43.0 Å². The van der Waals surface area contributed by atoms with Crippen LogP contribution in [0.15, 0.2) is 18.2 Å². The van der Waals surface area contributed by atoms with Gasteiger partial charge in [0.1, 0.15) is 0 Å². The molecule has 0 radical (unpaired) electrons. The van der Waals surface area contributed by atoms with E-state index < -0.39 is 0 Å². The van der Waals surface area contributed by atoms with Crippen LogP contribution in [0.5, 0.6) is 0 Å². The molecule has 2 atom stereocenters. The van der Waals surface area contributed by atoms with E-state index in [1.807, 2.05) is 25.1 Å². The zero-order valence-electron chi connectivity index (χ0n) is 14.4. The quantitative estimate of drug-likeness (QED) is 0.772. The number of anilines is 1. The van der Waals surface area contributed by atoms with Gasteiger partial charge in [0.05, 0.1) is 12.5 Å². The Bertz CT molecular complexity index is 631. The first kappa shape index (κ1) is 16.8. The highest BCUT2D eigenvalue weighted by Crippen LogP contribution is 2.26. The van der Waals surface area contributed by atoms with E-state index in [0.29, 0.717) is 12.3 Å². The van der Waals surface area contributed by atoms with Gasteiger partial charge in [-0.1, -0.05) is 19.1 Å². The van der Waals surface area contributed by atoms with Crippen LogP contribution in [0, 0.1) is 5.92 Å². The van der Waals surface area contributed by atoms with Gasteiger partial charge in [-0.3, -0.25) is 4.79 Å². The molecule has 1 fully saturated rings. The lowest BCUT2D eigenvalue weighted by atomic mass is 10.0. The number of carbonyl (C=O) groups excluding carboxylic acids is 2. The number of carbonyl (C=O) groups is 2. The molecule has 1 aromatic carbocycles. The number of urea groups is 1. The molecule has 6 heteroatoms. The van der Waals surface area contributed by atoms with Crippen LogP contribution in [0.25, 0.3) is 0 Å². The fourth-order valence-electron chi connectivity index (χ4n) is 3.45. The normalized spacial score (nSPS) is 21.2. The fourth-order valence-corrected chi connectivity index (χ4v) is 3.45. The molecule has 0 aliphatic carbocycles. The lowest BCUT2D eigenvalue weighted by Crippen LogP contribution is -2.40. The average Bonchev–Trinajstić information content (AvgIpc) is 3.16. The molecule has 24 heavy (non-hydrogen) atoms. The van der Waals surface area contributed by atoms with E-state index in [2.05, 4.69) is 27.8 Å². The van der Waals surface area contributed by atoms with Crippen molar-refractivity contribution in [3.05, 3.63) is 29.3 Å². The number of hydrogen-bond acceptors (Lipinski definition) is 3. The Hall–Kier alpha value is -2.08. The van der Waals surface area contributed by atoms with Crippen LogP contribution < -0.4 is 16.0 Å². The van der Waals surface area contributed by atoms with Gasteiger partial charge in [-0.25, -0.2) is 4.79 Å². The molecule has 0 unspecified atom stereocenters. The summed E-state index contributed by atoms with van der Waals surface area (Å²) in [7, 11) is 0. The molecular weight excluding hydrogens is 304 g/mol. The Kier molecular flexibility index (Phi) is 5.04. The summed E-state index contributed by atoms with van der Waals surface area (Å²) in [6.45, 7) is 8.12. The third-order valence-corrected chi connectivity index (χ3v) is 4.97. The van der Waals surface area contributed by atoms with E-state index in [9.17, 15) is 9.59 Å². The van der Waals surface area contributed by atoms with Gasteiger partial charge in [0.2, 0.25) is 5.91 Å². The monoisotopic (exact) mass is 330 g/mol. The second kappa shape index (κ2) is 7.21. The first-order valence-corrected chi connectivity index (χ1v) is 8.74. The molecule has 2 aliphatic heterocycles. The van der Waals surface area contributed by atoms with Crippen molar-refractivity contribution in [2.75, 3.05) is 31.5 Å². The van der Waals surface area contributed by atoms with Gasteiger partial charge in [0.15, 0.2) is 0 Å². The van der Waals surface area contributed by atoms with Crippen molar-refractivity contribution in [1.29, 1.82) is 0 Å². The summed E-state index contributed by atoms with van der Waals surface area (Å²) in [6.07, 6.45) is 1.56. The van der Waals surface area contributed by atoms with Gasteiger partial charge in [0.25, 0.3) is 0 Å². The van der Waals surface area contributed by atoms with Crippen LogP contribution in [0.4, 0.5) is 10.5 Å². The van der Waals surface area contributed by atoms with Crippen molar-refractivity contribution < 1.29 is 9.59 Å². The molecule has 2 aliphatic rings. The first-order chi connectivity index (χ1) is 11.5. The van der Waals surface area contributed by atoms with Crippen LogP contribution in [0.2, 0.25) is 0 Å². The molecule has 2 heterocycles. The van der Waals surface area contributed by atoms with E-state index in [1.165, 1.54) is 0 Å². The van der Waals surface area contributed by atoms with Gasteiger partial charge in [-0.15, -0.1) is 0 Å². The maximum atomic E-state index is 12.1. The molecule has 6 nitrogen and oxygen atoms in total. The summed E-state index contributed by atoms with van der Waals surface area (Å²) in [5, 5.41) is 8.79. The number of amides is 3. The smallest absolute Gasteiger partial charge is 0.315 e. The summed E-state index contributed by atoms with van der Waals surface area (Å²) in [5.41, 5.74) is 2.89. The SMILES string of the molecule is CCN1CC[C@H](CNC(=O)N[C@@H](C)c2ccc3c(c2)CC(=O)N3)C1. The number of hydrogen-bond donors (Lipinski definition) is 3. The number of fused-ring (bicyclic) bond motifs is 1. The van der Waals surface area contributed by atoms with E-state index in [0.717, 1.165) is 49.4 Å². The van der Waals surface area contributed by atoms with Gasteiger partial charge < -0.3 is 20.9 Å². The van der Waals surface area contributed by atoms with Crippen molar-refractivity contribution in [3.63, 3.8) is 0 Å². The van der Waals surface area contributed by atoms with Gasteiger partial charge in [-0.2, -0.15) is 0 Å². The Balaban J connectivity index is 1.48. The minimum absolute atomic E-state index is 0.0261. The number of benzene rings is 1. The molecule has 1 aromatic rings. The third-order valence-electron chi connectivity index (χ3n) is 4.97. The van der Waals surface area contributed by atoms with E-state index in [-0.39, 0.29) is 18.0 Å². The summed E-state index contributed by atoms with van der Waals surface area (Å²) < 4.78 is 0. The minimum atomic E-state index is -0.132. The highest BCUT2D eigenvalue weighted by molar-refractivity contribution is 5.99. The fraction of sp³-hybridized carbons (Fsp3) is 0.556. The predicted molar refractivity (Wildman–Crippen MR) is 93.9 cm³/mol. The number of rotatable bonds is 5. The Morgan fingerprint density at radius 1 is 1.46 bits per heavy atom. The van der Waals surface area contributed by atoms with E-state index in [1.54, 1.807) is 0 Å². The van der Waals surface area contributed by atoms with Crippen LogP contribution in [0.3, 0.4) is 0 Å². The van der Waals surface area contributed by atoms with Crippen molar-refractivity contribution >= 4 is 17.6 Å². The lowest BCUT2D eigenvalue weighted by molar-refractivity contribution is -0.115. The molecule has 3 rings (SSSR count). The minimum Gasteiger partial charge on any atom is -0.338 e. The zero-order chi connectivity index (χ0) is 17.1. The molecule has 0 saturated carbocycles. The third kappa shape index (κ3) is 3.87. The zero-order valence-corrected chi connectivity index (χ0v) is 14.4. The molecule has 0 aromatic heterocycles. The molecule has 3 amide bonds. The second-order valence-electron chi connectivity index (χ2n) is 6.77. The van der Waals surface area contributed by atoms with Crippen LogP contribution in [-0.2, 0) is 11.2 Å². The second-order valence-corrected chi connectivity index (χ2v) is 6.77. The summed E-state index contributed by atoms with van der Waals surface area (Å²) in [4.78, 5) is 25.9. The summed E-state index contributed by atoms with van der Waals surface area (Å²) in [5.74, 6) is 0.571. The number of likely N-dealkylation sites (tertiary alicyclic amines) is 1. The van der Waals surface area contributed by atoms with Gasteiger partial charge >= 0.3 is 6.03 Å². The maximum absolute atomic E-state index is 12.1. The predicted octanol–water partition coefficient (Wildman–Crippen LogP) is 1.88. The summed E-state index contributed by atoms with van der Waals surface area (Å²) in [6, 6.07) is 5.62. The Labute approximate surface area is 143 Å². The van der Waals surface area contributed by atoms with Crippen molar-refractivity contribution in [1.82, 2.24) is 15.5 Å². The van der Waals surface area contributed by atoms with Crippen molar-refractivity contribution in [2.24, 2.45) is 5.92 Å². The van der Waals surface area contributed by atoms with Gasteiger partial charge in [-0.05, 0) is 49.5 Å². The van der Waals surface area contributed by atoms with Crippen molar-refractivity contribution in [2.45, 2.75) is 32.7 Å². The van der Waals surface area contributed by atoms with E-state index >= 15 is 0 Å². The maximum Gasteiger partial charge on any atom is 0.315 e. The Morgan fingerprint density at radius 2 is 2.29 bits per heavy atom. The van der Waals surface area contributed by atoms with Crippen LogP contribution in [0.1, 0.15) is 37.4 Å². The molecule has 1 saturated heterocycles. The largest absolute Gasteiger partial charge is 0.338 e. The summed E-state index contributed by atoms with van der Waals surface area (Å²) >= 11 is 0. The lowest BCUT2D eigenvalue weighted by Gasteiger charge is -2.18. The number of nitrogens with zero attached hydrogens (tertiary/aromatic N) is 1. The number of nitrogens with one attached hydrogen (secondary N) is 3. The molecule has 0 spiro atoms. The average molecular weight is 330 g/mol. The van der Waals surface area contributed by atoms with E-state index in [4.69, 9.17) is 0 Å². The molecule has 3 N–H and O–H groups in total. The first-order valence-electron chi connectivity index (χ1n) is 8.74. The highest BCUT2D eigenvalue weighted by atomic mass is 16.2. The molecular formula is C18H26N4O2. The Morgan fingerprint density at radius 3 is 3.04 bits per heavy atom. The highest BCUT2D eigenvalue weighted by Gasteiger charge is 2.22.